The topological polar surface area (TPSA) is 95.8 Å². The van der Waals surface area contributed by atoms with E-state index in [1.807, 2.05) is 18.3 Å². The summed E-state index contributed by atoms with van der Waals surface area (Å²) in [7, 11) is 0. The van der Waals surface area contributed by atoms with Crippen LogP contribution in [0.3, 0.4) is 0 Å². The lowest BCUT2D eigenvalue weighted by Crippen LogP contribution is -2.35. The fraction of sp³-hybridized carbons (Fsp3) is 0.273. The highest BCUT2D eigenvalue weighted by Crippen LogP contribution is 2.14. The third kappa shape index (κ3) is 2.94. The first kappa shape index (κ1) is 11.4. The third-order valence-corrected chi connectivity index (χ3v) is 2.45. The van der Waals surface area contributed by atoms with Crippen LogP contribution in [0.5, 0.6) is 0 Å². The minimum atomic E-state index is -0.497. The Morgan fingerprint density at radius 3 is 3.18 bits per heavy atom. The molecule has 2 aromatic rings. The lowest BCUT2D eigenvalue weighted by molar-refractivity contribution is 0.249. The van der Waals surface area contributed by atoms with Gasteiger partial charge in [-0.05, 0) is 17.7 Å². The first-order valence-electron chi connectivity index (χ1n) is 5.42. The van der Waals surface area contributed by atoms with Crippen LogP contribution < -0.4 is 16.4 Å². The molecule has 17 heavy (non-hydrogen) atoms. The summed E-state index contributed by atoms with van der Waals surface area (Å²) in [5.41, 5.74) is 7.00. The maximum atomic E-state index is 10.4. The molecule has 0 aromatic carbocycles. The van der Waals surface area contributed by atoms with Crippen molar-refractivity contribution in [1.29, 1.82) is 0 Å². The molecule has 0 bridgehead atoms. The number of fused-ring (bicyclic) bond motifs is 1. The molecule has 0 fully saturated rings. The highest BCUT2D eigenvalue weighted by Gasteiger charge is 2.02. The van der Waals surface area contributed by atoms with Crippen molar-refractivity contribution in [3.63, 3.8) is 0 Å². The van der Waals surface area contributed by atoms with Crippen molar-refractivity contribution in [3.05, 3.63) is 30.1 Å². The summed E-state index contributed by atoms with van der Waals surface area (Å²) >= 11 is 0. The van der Waals surface area contributed by atoms with E-state index in [9.17, 15) is 4.79 Å². The van der Waals surface area contributed by atoms with Gasteiger partial charge in [0.1, 0.15) is 5.65 Å². The largest absolute Gasteiger partial charge is 0.352 e. The molecule has 5 N–H and O–H groups in total. The van der Waals surface area contributed by atoms with Gasteiger partial charge >= 0.3 is 6.03 Å². The number of primary amides is 1. The Morgan fingerprint density at radius 1 is 1.47 bits per heavy atom. The average Bonchev–Trinajstić information content (AvgIpc) is 2.72. The van der Waals surface area contributed by atoms with Gasteiger partial charge in [0.15, 0.2) is 0 Å². The quantitative estimate of drug-likeness (QED) is 0.560. The Bertz CT molecular complexity index is 507. The lowest BCUT2D eigenvalue weighted by Gasteiger charge is -2.04. The van der Waals surface area contributed by atoms with E-state index in [1.54, 1.807) is 6.20 Å². The summed E-state index contributed by atoms with van der Waals surface area (Å²) in [6.07, 6.45) is 3.69. The van der Waals surface area contributed by atoms with Gasteiger partial charge in [-0.2, -0.15) is 0 Å². The van der Waals surface area contributed by atoms with Crippen LogP contribution in [0.2, 0.25) is 0 Å². The van der Waals surface area contributed by atoms with Crippen molar-refractivity contribution >= 4 is 17.1 Å². The van der Waals surface area contributed by atoms with Gasteiger partial charge in [0, 0.05) is 37.4 Å². The number of carbonyl (C=O) groups excluding carboxylic acids is 1. The second kappa shape index (κ2) is 5.31. The number of urea groups is 1. The summed E-state index contributed by atoms with van der Waals surface area (Å²) in [5.74, 6) is 0. The van der Waals surface area contributed by atoms with Crippen molar-refractivity contribution in [2.45, 2.75) is 6.54 Å². The predicted molar refractivity (Wildman–Crippen MR) is 65.4 cm³/mol. The zero-order chi connectivity index (χ0) is 12.1. The molecule has 0 aliphatic heterocycles. The minimum absolute atomic E-state index is 0.497. The number of carbonyl (C=O) groups is 1. The van der Waals surface area contributed by atoms with Gasteiger partial charge in [0.05, 0.1) is 0 Å². The van der Waals surface area contributed by atoms with E-state index in [-0.39, 0.29) is 0 Å². The Balaban J connectivity index is 1.85. The van der Waals surface area contributed by atoms with Gasteiger partial charge in [-0.1, -0.05) is 0 Å². The minimum Gasteiger partial charge on any atom is -0.352 e. The molecule has 0 saturated carbocycles. The van der Waals surface area contributed by atoms with Crippen LogP contribution in [-0.4, -0.2) is 29.1 Å². The number of nitrogens with one attached hydrogen (secondary N) is 3. The van der Waals surface area contributed by atoms with Gasteiger partial charge in [-0.25, -0.2) is 9.78 Å². The zero-order valence-corrected chi connectivity index (χ0v) is 9.36. The molecular weight excluding hydrogens is 218 g/mol. The number of nitrogens with zero attached hydrogens (tertiary/aromatic N) is 1. The van der Waals surface area contributed by atoms with Crippen LogP contribution in [0.4, 0.5) is 4.79 Å². The lowest BCUT2D eigenvalue weighted by atomic mass is 10.2. The van der Waals surface area contributed by atoms with Gasteiger partial charge < -0.3 is 21.4 Å². The predicted octanol–water partition coefficient (Wildman–Crippen LogP) is 0.321. The normalized spacial score (nSPS) is 10.6. The Morgan fingerprint density at radius 2 is 2.35 bits per heavy atom. The van der Waals surface area contributed by atoms with E-state index in [0.717, 1.165) is 23.1 Å². The Kier molecular flexibility index (Phi) is 3.56. The monoisotopic (exact) mass is 233 g/mol. The van der Waals surface area contributed by atoms with Crippen LogP contribution in [0.1, 0.15) is 5.56 Å². The molecule has 0 radical (unpaired) electrons. The number of pyridine rings is 1. The molecular formula is C11H15N5O. The van der Waals surface area contributed by atoms with Crippen molar-refractivity contribution in [2.24, 2.45) is 5.73 Å². The van der Waals surface area contributed by atoms with Crippen LogP contribution in [-0.2, 0) is 6.54 Å². The summed E-state index contributed by atoms with van der Waals surface area (Å²) in [4.78, 5) is 17.8. The molecule has 6 heteroatoms. The van der Waals surface area contributed by atoms with E-state index in [0.29, 0.717) is 13.1 Å². The van der Waals surface area contributed by atoms with Crippen molar-refractivity contribution in [3.8, 4) is 0 Å². The fourth-order valence-corrected chi connectivity index (χ4v) is 1.66. The number of nitrogens with two attached hydrogens (primary N) is 1. The van der Waals surface area contributed by atoms with Gasteiger partial charge in [0.2, 0.25) is 0 Å². The summed E-state index contributed by atoms with van der Waals surface area (Å²) in [5, 5.41) is 6.85. The first-order valence-corrected chi connectivity index (χ1v) is 5.42. The summed E-state index contributed by atoms with van der Waals surface area (Å²) < 4.78 is 0. The van der Waals surface area contributed by atoms with Crippen LogP contribution >= 0.6 is 0 Å². The molecule has 6 nitrogen and oxygen atoms in total. The molecule has 2 heterocycles. The fourth-order valence-electron chi connectivity index (χ4n) is 1.66. The smallest absolute Gasteiger partial charge is 0.312 e. The number of hydrogen-bond donors (Lipinski definition) is 4. The molecule has 2 amide bonds. The molecule has 0 aliphatic rings. The molecule has 0 atom stereocenters. The number of amides is 2. The third-order valence-electron chi connectivity index (χ3n) is 2.45. The summed E-state index contributed by atoms with van der Waals surface area (Å²) in [6.45, 7) is 1.93. The number of H-pyrrole nitrogens is 1. The number of aromatic amines is 1. The second-order valence-corrected chi connectivity index (χ2v) is 3.68. The number of rotatable bonds is 5. The second-order valence-electron chi connectivity index (χ2n) is 3.68. The molecule has 0 unspecified atom stereocenters. The molecule has 0 saturated heterocycles. The summed E-state index contributed by atoms with van der Waals surface area (Å²) in [6, 6.07) is 3.44. The van der Waals surface area contributed by atoms with E-state index in [4.69, 9.17) is 5.73 Å². The first-order chi connectivity index (χ1) is 8.27. The van der Waals surface area contributed by atoms with Crippen LogP contribution in [0.25, 0.3) is 11.0 Å². The van der Waals surface area contributed by atoms with Gasteiger partial charge in [-0.15, -0.1) is 0 Å². The zero-order valence-electron chi connectivity index (χ0n) is 9.36. The van der Waals surface area contributed by atoms with E-state index >= 15 is 0 Å². The molecule has 2 aromatic heterocycles. The number of hydrogen-bond acceptors (Lipinski definition) is 3. The SMILES string of the molecule is NC(=O)NCCNCc1c[nH]c2ncccc12. The van der Waals surface area contributed by atoms with Crippen LogP contribution in [0.15, 0.2) is 24.5 Å². The van der Waals surface area contributed by atoms with E-state index < -0.39 is 6.03 Å². The molecule has 90 valence electrons. The Labute approximate surface area is 98.6 Å². The van der Waals surface area contributed by atoms with Crippen LogP contribution in [0, 0.1) is 0 Å². The molecule has 2 rings (SSSR count). The maximum absolute atomic E-state index is 10.4. The van der Waals surface area contributed by atoms with Gasteiger partial charge in [0.25, 0.3) is 0 Å². The van der Waals surface area contributed by atoms with E-state index in [2.05, 4.69) is 20.6 Å². The maximum Gasteiger partial charge on any atom is 0.312 e. The van der Waals surface area contributed by atoms with Gasteiger partial charge in [-0.3, -0.25) is 0 Å². The van der Waals surface area contributed by atoms with E-state index in [1.165, 1.54) is 0 Å². The van der Waals surface area contributed by atoms with Crippen molar-refractivity contribution < 1.29 is 4.79 Å². The Hall–Kier alpha value is -2.08. The molecule has 0 spiro atoms. The average molecular weight is 233 g/mol. The highest BCUT2D eigenvalue weighted by molar-refractivity contribution is 5.79. The van der Waals surface area contributed by atoms with Crippen molar-refractivity contribution in [2.75, 3.05) is 13.1 Å². The number of aromatic nitrogens is 2. The molecule has 0 aliphatic carbocycles. The highest BCUT2D eigenvalue weighted by atomic mass is 16.2. The van der Waals surface area contributed by atoms with Crippen molar-refractivity contribution in [1.82, 2.24) is 20.6 Å². The standard InChI is InChI=1S/C11H15N5O/c12-11(17)15-5-4-13-6-8-7-16-10-9(8)2-1-3-14-10/h1-3,7,13H,4-6H2,(H,14,16)(H3,12,15,17).